The molecule has 10 heteroatoms. The fourth-order valence-corrected chi connectivity index (χ4v) is 5.11. The summed E-state index contributed by atoms with van der Waals surface area (Å²) in [5.41, 5.74) is 3.41. The van der Waals surface area contributed by atoms with Gasteiger partial charge in [-0.1, -0.05) is 24.3 Å². The Balaban J connectivity index is 1.61. The van der Waals surface area contributed by atoms with E-state index in [0.717, 1.165) is 22.0 Å². The zero-order chi connectivity index (χ0) is 31.5. The van der Waals surface area contributed by atoms with E-state index in [1.165, 1.54) is 14.2 Å². The molecule has 0 saturated carbocycles. The van der Waals surface area contributed by atoms with Gasteiger partial charge in [-0.2, -0.15) is 0 Å². The molecular formula is C34H41N3O7. The normalized spacial score (nSPS) is 10.8. The van der Waals surface area contributed by atoms with Crippen molar-refractivity contribution in [2.24, 2.45) is 0 Å². The highest BCUT2D eigenvalue weighted by Crippen LogP contribution is 2.29. The van der Waals surface area contributed by atoms with Gasteiger partial charge in [0.2, 0.25) is 5.91 Å². The van der Waals surface area contributed by atoms with Gasteiger partial charge in [-0.25, -0.2) is 0 Å². The highest BCUT2D eigenvalue weighted by Gasteiger charge is 2.24. The van der Waals surface area contributed by atoms with Crippen molar-refractivity contribution < 1.29 is 33.3 Å². The van der Waals surface area contributed by atoms with Crippen LogP contribution in [0.5, 0.6) is 23.0 Å². The Hall–Kier alpha value is -4.70. The molecular weight excluding hydrogens is 562 g/mol. The van der Waals surface area contributed by atoms with Gasteiger partial charge in [-0.15, -0.1) is 0 Å². The van der Waals surface area contributed by atoms with Crippen molar-refractivity contribution in [3.63, 3.8) is 0 Å². The molecule has 1 aromatic heterocycles. The molecule has 234 valence electrons. The Kier molecular flexibility index (Phi) is 11.5. The molecule has 44 heavy (non-hydrogen) atoms. The number of methoxy groups -OCH3 is 5. The van der Waals surface area contributed by atoms with Gasteiger partial charge in [0.15, 0.2) is 11.5 Å². The van der Waals surface area contributed by atoms with E-state index in [2.05, 4.69) is 11.1 Å². The van der Waals surface area contributed by atoms with Gasteiger partial charge in [0.1, 0.15) is 18.0 Å². The number of fused-ring (bicyclic) bond motifs is 1. The van der Waals surface area contributed by atoms with E-state index in [-0.39, 0.29) is 18.4 Å². The van der Waals surface area contributed by atoms with Gasteiger partial charge in [-0.05, 0) is 54.3 Å². The maximum atomic E-state index is 14.1. The monoisotopic (exact) mass is 603 g/mol. The number of aromatic nitrogens is 1. The zero-order valence-electron chi connectivity index (χ0n) is 26.1. The minimum atomic E-state index is -0.297. The number of para-hydroxylation sites is 1. The molecule has 0 unspecified atom stereocenters. The summed E-state index contributed by atoms with van der Waals surface area (Å²) < 4.78 is 26.9. The molecule has 0 radical (unpaired) electrons. The Morgan fingerprint density at radius 3 is 2.18 bits per heavy atom. The smallest absolute Gasteiger partial charge is 0.254 e. The summed E-state index contributed by atoms with van der Waals surface area (Å²) in [6.45, 7) is 1.46. The Morgan fingerprint density at radius 2 is 1.50 bits per heavy atom. The van der Waals surface area contributed by atoms with E-state index in [1.807, 2.05) is 42.6 Å². The van der Waals surface area contributed by atoms with Crippen LogP contribution in [0.4, 0.5) is 0 Å². The molecule has 1 N–H and O–H groups in total. The fraction of sp³-hybridized carbons (Fsp3) is 0.353. The van der Waals surface area contributed by atoms with Gasteiger partial charge in [0, 0.05) is 62.1 Å². The van der Waals surface area contributed by atoms with Gasteiger partial charge >= 0.3 is 0 Å². The summed E-state index contributed by atoms with van der Waals surface area (Å²) in [5.74, 6) is 1.69. The molecule has 4 aromatic rings. The number of ether oxygens (including phenoxy) is 5. The quantitative estimate of drug-likeness (QED) is 0.181. The van der Waals surface area contributed by atoms with Crippen molar-refractivity contribution in [1.29, 1.82) is 0 Å². The van der Waals surface area contributed by atoms with Gasteiger partial charge in [0.05, 0.1) is 28.4 Å². The average molecular weight is 604 g/mol. The SMILES string of the molecule is COCCCN(CC(=O)N(CCc1c[nH]c2ccccc12)Cc1ccc(OC)c(OC)c1)C(=O)c1cc(OC)cc(OC)c1. The first-order chi connectivity index (χ1) is 21.4. The Labute approximate surface area is 258 Å². The molecule has 3 aromatic carbocycles. The molecule has 0 spiro atoms. The van der Waals surface area contributed by atoms with Gasteiger partial charge in [-0.3, -0.25) is 9.59 Å². The Bertz CT molecular complexity index is 1530. The lowest BCUT2D eigenvalue weighted by molar-refractivity contribution is -0.132. The average Bonchev–Trinajstić information content (AvgIpc) is 3.48. The fourth-order valence-electron chi connectivity index (χ4n) is 5.11. The number of hydrogen-bond donors (Lipinski definition) is 1. The van der Waals surface area contributed by atoms with Crippen molar-refractivity contribution in [3.8, 4) is 23.0 Å². The number of carbonyl (C=O) groups is 2. The highest BCUT2D eigenvalue weighted by atomic mass is 16.5. The summed E-state index contributed by atoms with van der Waals surface area (Å²) in [7, 11) is 7.84. The summed E-state index contributed by atoms with van der Waals surface area (Å²) in [5, 5.41) is 1.12. The highest BCUT2D eigenvalue weighted by molar-refractivity contribution is 5.97. The van der Waals surface area contributed by atoms with E-state index in [4.69, 9.17) is 23.7 Å². The van der Waals surface area contributed by atoms with Crippen LogP contribution in [0.25, 0.3) is 10.9 Å². The number of nitrogens with zero attached hydrogens (tertiary/aromatic N) is 2. The minimum Gasteiger partial charge on any atom is -0.497 e. The van der Waals surface area contributed by atoms with Crippen LogP contribution in [0.15, 0.2) is 66.9 Å². The number of benzene rings is 3. The van der Waals surface area contributed by atoms with Crippen LogP contribution in [-0.4, -0.2) is 88.4 Å². The standard InChI is InChI=1S/C34H41N3O7/c1-40-16-8-14-37(34(39)26-18-27(41-2)20-28(19-26)42-3)23-33(38)36(22-24-11-12-31(43-4)32(17-24)44-5)15-13-25-21-35-30-10-7-6-9-29(25)30/h6-7,9-12,17-21,35H,8,13-16,22-23H2,1-5H3. The van der Waals surface area contributed by atoms with Crippen LogP contribution in [0, 0.1) is 0 Å². The first-order valence-electron chi connectivity index (χ1n) is 14.5. The number of aromatic amines is 1. The van der Waals surface area contributed by atoms with E-state index >= 15 is 0 Å². The third-order valence-electron chi connectivity index (χ3n) is 7.49. The molecule has 4 rings (SSSR count). The largest absolute Gasteiger partial charge is 0.497 e. The first kappa shape index (κ1) is 32.2. The van der Waals surface area contributed by atoms with Crippen LogP contribution in [0.1, 0.15) is 27.9 Å². The van der Waals surface area contributed by atoms with Gasteiger partial charge in [0.25, 0.3) is 5.91 Å². The van der Waals surface area contributed by atoms with E-state index in [1.54, 1.807) is 49.3 Å². The van der Waals surface area contributed by atoms with E-state index in [0.29, 0.717) is 67.6 Å². The van der Waals surface area contributed by atoms with Crippen molar-refractivity contribution in [1.82, 2.24) is 14.8 Å². The van der Waals surface area contributed by atoms with Gasteiger partial charge < -0.3 is 38.5 Å². The number of H-pyrrole nitrogens is 1. The second-order valence-corrected chi connectivity index (χ2v) is 10.3. The van der Waals surface area contributed by atoms with Crippen LogP contribution in [0.3, 0.4) is 0 Å². The van der Waals surface area contributed by atoms with Crippen LogP contribution in [0.2, 0.25) is 0 Å². The molecule has 0 aliphatic heterocycles. The summed E-state index contributed by atoms with van der Waals surface area (Å²) in [6.07, 6.45) is 3.19. The number of hydrogen-bond acceptors (Lipinski definition) is 7. The second kappa shape index (κ2) is 15.7. The lowest BCUT2D eigenvalue weighted by atomic mass is 10.1. The Morgan fingerprint density at radius 1 is 0.773 bits per heavy atom. The molecule has 0 aliphatic rings. The lowest BCUT2D eigenvalue weighted by Crippen LogP contribution is -2.44. The summed E-state index contributed by atoms with van der Waals surface area (Å²) >= 11 is 0. The number of carbonyl (C=O) groups excluding carboxylic acids is 2. The maximum absolute atomic E-state index is 14.1. The van der Waals surface area contributed by atoms with Crippen LogP contribution < -0.4 is 18.9 Å². The second-order valence-electron chi connectivity index (χ2n) is 10.3. The number of nitrogens with one attached hydrogen (secondary N) is 1. The van der Waals surface area contributed by atoms with Crippen molar-refractivity contribution >= 4 is 22.7 Å². The number of rotatable bonds is 16. The molecule has 0 fully saturated rings. The van der Waals surface area contributed by atoms with Crippen molar-refractivity contribution in [2.75, 3.05) is 61.8 Å². The molecule has 0 atom stereocenters. The molecule has 0 bridgehead atoms. The molecule has 0 saturated heterocycles. The molecule has 0 aliphatic carbocycles. The predicted octanol–water partition coefficient (Wildman–Crippen LogP) is 4.95. The molecule has 10 nitrogen and oxygen atoms in total. The first-order valence-corrected chi connectivity index (χ1v) is 14.5. The van der Waals surface area contributed by atoms with Crippen molar-refractivity contribution in [3.05, 3.63) is 83.6 Å². The summed E-state index contributed by atoms with van der Waals surface area (Å²) in [6, 6.07) is 18.7. The maximum Gasteiger partial charge on any atom is 0.254 e. The third-order valence-corrected chi connectivity index (χ3v) is 7.49. The molecule has 2 amide bonds. The van der Waals surface area contributed by atoms with E-state index in [9.17, 15) is 9.59 Å². The van der Waals surface area contributed by atoms with E-state index < -0.39 is 0 Å². The van der Waals surface area contributed by atoms with Crippen LogP contribution >= 0.6 is 0 Å². The number of amides is 2. The zero-order valence-corrected chi connectivity index (χ0v) is 26.1. The topological polar surface area (TPSA) is 103 Å². The predicted molar refractivity (Wildman–Crippen MR) is 169 cm³/mol. The minimum absolute atomic E-state index is 0.108. The lowest BCUT2D eigenvalue weighted by Gasteiger charge is -2.28. The third kappa shape index (κ3) is 8.02. The van der Waals surface area contributed by atoms with Crippen LogP contribution in [-0.2, 0) is 22.5 Å². The molecule has 1 heterocycles. The summed E-state index contributed by atoms with van der Waals surface area (Å²) in [4.78, 5) is 34.5. The van der Waals surface area contributed by atoms with Crippen molar-refractivity contribution in [2.45, 2.75) is 19.4 Å².